The van der Waals surface area contributed by atoms with Crippen LogP contribution in [0.4, 0.5) is 14.5 Å². The van der Waals surface area contributed by atoms with E-state index in [0.717, 1.165) is 31.4 Å². The van der Waals surface area contributed by atoms with Crippen molar-refractivity contribution in [3.05, 3.63) is 77.6 Å². The fraction of sp³-hybridized carbons (Fsp3) is 0.286. The molecule has 40 heavy (non-hydrogen) atoms. The van der Waals surface area contributed by atoms with E-state index in [1.807, 2.05) is 6.92 Å². The van der Waals surface area contributed by atoms with Gasteiger partial charge in [0.15, 0.2) is 5.82 Å². The van der Waals surface area contributed by atoms with Crippen LogP contribution in [0, 0.1) is 11.6 Å². The molecule has 1 aliphatic rings. The van der Waals surface area contributed by atoms with Gasteiger partial charge in [-0.3, -0.25) is 4.79 Å². The minimum atomic E-state index is -3.59. The number of fused-ring (bicyclic) bond motifs is 1. The second-order valence-electron chi connectivity index (χ2n) is 9.58. The molecule has 2 N–H and O–H groups in total. The fourth-order valence-corrected chi connectivity index (χ4v) is 7.15. The lowest BCUT2D eigenvalue weighted by molar-refractivity contribution is 0.103. The van der Waals surface area contributed by atoms with E-state index in [0.29, 0.717) is 41.7 Å². The van der Waals surface area contributed by atoms with Crippen molar-refractivity contribution in [3.63, 3.8) is 0 Å². The quantitative estimate of drug-likeness (QED) is 0.255. The van der Waals surface area contributed by atoms with Crippen LogP contribution < -0.4 is 4.72 Å². The van der Waals surface area contributed by atoms with E-state index in [2.05, 4.69) is 14.7 Å². The van der Waals surface area contributed by atoms with Crippen LogP contribution in [-0.2, 0) is 21.0 Å². The van der Waals surface area contributed by atoms with Crippen LogP contribution in [0.2, 0.25) is 0 Å². The maximum absolute atomic E-state index is 15.3. The number of nitrogens with zero attached hydrogens (tertiary/aromatic N) is 2. The van der Waals surface area contributed by atoms with Gasteiger partial charge in [-0.25, -0.2) is 26.4 Å². The first-order chi connectivity index (χ1) is 19.2. The van der Waals surface area contributed by atoms with Crippen LogP contribution in [0.1, 0.15) is 48.5 Å². The van der Waals surface area contributed by atoms with E-state index < -0.39 is 44.0 Å². The number of piperidine rings is 1. The molecule has 8 nitrogen and oxygen atoms in total. The predicted octanol–water partition coefficient (Wildman–Crippen LogP) is 5.40. The average molecular weight is 587 g/mol. The Hall–Kier alpha value is -3.48. The highest BCUT2D eigenvalue weighted by Gasteiger charge is 2.27. The molecule has 2 aromatic heterocycles. The van der Waals surface area contributed by atoms with E-state index in [1.165, 1.54) is 10.5 Å². The first-order valence-corrected chi connectivity index (χ1v) is 15.7. The normalized spacial score (nSPS) is 15.3. The molecule has 3 heterocycles. The van der Waals surface area contributed by atoms with Gasteiger partial charge in [0.1, 0.15) is 22.5 Å². The number of nitrogens with one attached hydrogen (secondary N) is 2. The molecule has 5 rings (SSSR count). The number of anilines is 1. The molecule has 0 spiro atoms. The highest BCUT2D eigenvalue weighted by atomic mass is 32.2. The number of ketones is 1. The van der Waals surface area contributed by atoms with Crippen molar-refractivity contribution >= 4 is 43.5 Å². The molecule has 0 amide bonds. The summed E-state index contributed by atoms with van der Waals surface area (Å²) in [5, 5.41) is 0.347. The van der Waals surface area contributed by atoms with Crippen molar-refractivity contribution in [2.24, 2.45) is 0 Å². The first kappa shape index (κ1) is 28.1. The van der Waals surface area contributed by atoms with Crippen molar-refractivity contribution in [3.8, 4) is 11.1 Å². The number of aromatic amines is 1. The Morgan fingerprint density at radius 3 is 2.50 bits per heavy atom. The van der Waals surface area contributed by atoms with Crippen LogP contribution >= 0.6 is 0 Å². The monoisotopic (exact) mass is 586 g/mol. The molecule has 0 bridgehead atoms. The summed E-state index contributed by atoms with van der Waals surface area (Å²) >= 11 is 0. The molecular formula is C28H28F2N4O4S2. The summed E-state index contributed by atoms with van der Waals surface area (Å²) < 4.78 is 72.0. The molecular weight excluding hydrogens is 558 g/mol. The Bertz CT molecular complexity index is 1700. The second-order valence-corrected chi connectivity index (χ2v) is 12.8. The number of H-pyrrole nitrogens is 1. The SMILES string of the molecule is CCCS(=O)Nc1ccc(F)c(C(=O)c2c[nH]c3ncc(-c4ccc(S(=O)(=O)N5CCCCC5)cc4)cc23)c1F. The first-order valence-electron chi connectivity index (χ1n) is 13.0. The van der Waals surface area contributed by atoms with Crippen molar-refractivity contribution in [2.45, 2.75) is 37.5 Å². The maximum Gasteiger partial charge on any atom is 0.243 e. The van der Waals surface area contributed by atoms with Gasteiger partial charge in [0.05, 0.1) is 16.1 Å². The number of aromatic nitrogens is 2. The summed E-state index contributed by atoms with van der Waals surface area (Å²) in [6.45, 7) is 2.83. The topological polar surface area (TPSA) is 112 Å². The summed E-state index contributed by atoms with van der Waals surface area (Å²) in [5.74, 6) is -2.80. The maximum atomic E-state index is 15.3. The molecule has 1 saturated heterocycles. The molecule has 1 fully saturated rings. The number of hydrogen-bond acceptors (Lipinski definition) is 5. The Kier molecular flexibility index (Phi) is 8.11. The molecule has 0 radical (unpaired) electrons. The number of sulfonamides is 1. The highest BCUT2D eigenvalue weighted by Crippen LogP contribution is 2.30. The van der Waals surface area contributed by atoms with Crippen molar-refractivity contribution in [1.82, 2.24) is 14.3 Å². The molecule has 1 aliphatic heterocycles. The zero-order valence-electron chi connectivity index (χ0n) is 21.7. The van der Waals surface area contributed by atoms with E-state index >= 15 is 4.39 Å². The number of carbonyl (C=O) groups is 1. The summed E-state index contributed by atoms with van der Waals surface area (Å²) in [6, 6.07) is 10.1. The zero-order valence-corrected chi connectivity index (χ0v) is 23.4. The molecule has 12 heteroatoms. The lowest BCUT2D eigenvalue weighted by Gasteiger charge is -2.25. The summed E-state index contributed by atoms with van der Waals surface area (Å²) in [5.41, 5.74) is 0.614. The molecule has 0 aliphatic carbocycles. The summed E-state index contributed by atoms with van der Waals surface area (Å²) in [7, 11) is -5.17. The third-order valence-electron chi connectivity index (χ3n) is 6.85. The number of benzene rings is 2. The predicted molar refractivity (Wildman–Crippen MR) is 151 cm³/mol. The number of carbonyl (C=O) groups excluding carboxylic acids is 1. The lowest BCUT2D eigenvalue weighted by Crippen LogP contribution is -2.35. The third-order valence-corrected chi connectivity index (χ3v) is 9.99. The van der Waals surface area contributed by atoms with E-state index in [4.69, 9.17) is 0 Å². The lowest BCUT2D eigenvalue weighted by atomic mass is 10.00. The van der Waals surface area contributed by atoms with Gasteiger partial charge >= 0.3 is 0 Å². The summed E-state index contributed by atoms with van der Waals surface area (Å²) in [4.78, 5) is 20.8. The zero-order chi connectivity index (χ0) is 28.4. The molecule has 4 aromatic rings. The minimum Gasteiger partial charge on any atom is -0.345 e. The average Bonchev–Trinajstić information content (AvgIpc) is 3.39. The number of hydrogen-bond donors (Lipinski definition) is 2. The van der Waals surface area contributed by atoms with Gasteiger partial charge < -0.3 is 9.71 Å². The van der Waals surface area contributed by atoms with Crippen molar-refractivity contribution in [1.29, 1.82) is 0 Å². The van der Waals surface area contributed by atoms with Crippen LogP contribution in [0.25, 0.3) is 22.2 Å². The molecule has 0 saturated carbocycles. The Morgan fingerprint density at radius 2 is 1.80 bits per heavy atom. The molecule has 210 valence electrons. The highest BCUT2D eigenvalue weighted by molar-refractivity contribution is 7.89. The number of pyridine rings is 1. The number of rotatable bonds is 9. The van der Waals surface area contributed by atoms with Gasteiger partial charge in [0, 0.05) is 47.7 Å². The fourth-order valence-electron chi connectivity index (χ4n) is 4.76. The van der Waals surface area contributed by atoms with Crippen LogP contribution in [0.3, 0.4) is 0 Å². The molecule has 1 atom stereocenters. The van der Waals surface area contributed by atoms with Crippen LogP contribution in [0.5, 0.6) is 0 Å². The Morgan fingerprint density at radius 1 is 1.07 bits per heavy atom. The van der Waals surface area contributed by atoms with Gasteiger partial charge in [-0.15, -0.1) is 0 Å². The standard InChI is InChI=1S/C28H28F2N4O4S2/c1-2-14-39(36)33-24-11-10-23(29)25(26(24)30)27(35)22-17-32-28-21(22)15-19(16-31-28)18-6-8-20(9-7-18)40(37,38)34-12-4-3-5-13-34/h6-11,15-17,33H,2-5,12-14H2,1H3,(H,31,32). The summed E-state index contributed by atoms with van der Waals surface area (Å²) in [6.07, 6.45) is 6.20. The second kappa shape index (κ2) is 11.6. The van der Waals surface area contributed by atoms with Gasteiger partial charge in [0.25, 0.3) is 0 Å². The number of halogens is 2. The molecule has 1 unspecified atom stereocenters. The van der Waals surface area contributed by atoms with E-state index in [1.54, 1.807) is 36.5 Å². The van der Waals surface area contributed by atoms with Crippen LogP contribution in [-0.4, -0.2) is 51.5 Å². The van der Waals surface area contributed by atoms with Crippen LogP contribution in [0.15, 0.2) is 59.8 Å². The molecule has 2 aromatic carbocycles. The van der Waals surface area contributed by atoms with Gasteiger partial charge in [-0.1, -0.05) is 25.5 Å². The smallest absolute Gasteiger partial charge is 0.243 e. The minimum absolute atomic E-state index is 0.0123. The van der Waals surface area contributed by atoms with Gasteiger partial charge in [-0.05, 0) is 55.2 Å². The Labute approximate surface area is 233 Å². The Balaban J connectivity index is 1.46. The van der Waals surface area contributed by atoms with Gasteiger partial charge in [-0.2, -0.15) is 4.31 Å². The third kappa shape index (κ3) is 5.43. The van der Waals surface area contributed by atoms with E-state index in [9.17, 15) is 21.8 Å². The van der Waals surface area contributed by atoms with E-state index in [-0.39, 0.29) is 21.9 Å². The van der Waals surface area contributed by atoms with Crippen molar-refractivity contribution in [2.75, 3.05) is 23.6 Å². The van der Waals surface area contributed by atoms with Gasteiger partial charge in [0.2, 0.25) is 15.8 Å². The largest absolute Gasteiger partial charge is 0.345 e. The van der Waals surface area contributed by atoms with Crippen molar-refractivity contribution < 1.29 is 26.2 Å².